The molecule has 0 aliphatic carbocycles. The van der Waals surface area contributed by atoms with E-state index in [1.165, 1.54) is 6.26 Å². The predicted molar refractivity (Wildman–Crippen MR) is 76.9 cm³/mol. The summed E-state index contributed by atoms with van der Waals surface area (Å²) in [5, 5.41) is 0. The summed E-state index contributed by atoms with van der Waals surface area (Å²) in [6.45, 7) is 1.05. The van der Waals surface area contributed by atoms with E-state index in [0.29, 0.717) is 31.6 Å². The van der Waals surface area contributed by atoms with E-state index >= 15 is 0 Å². The van der Waals surface area contributed by atoms with Crippen LogP contribution >= 0.6 is 0 Å². The van der Waals surface area contributed by atoms with Crippen LogP contribution in [-0.4, -0.2) is 29.4 Å². The van der Waals surface area contributed by atoms with Crippen LogP contribution in [0.2, 0.25) is 0 Å². The largest absolute Gasteiger partial charge is 0.501 e. The van der Waals surface area contributed by atoms with Crippen molar-refractivity contribution < 1.29 is 14.3 Å². The van der Waals surface area contributed by atoms with Crippen molar-refractivity contribution >= 4 is 11.8 Å². The van der Waals surface area contributed by atoms with Gasteiger partial charge in [-0.2, -0.15) is 0 Å². The number of primary amides is 1. The first-order chi connectivity index (χ1) is 10.2. The Morgan fingerprint density at radius 3 is 2.67 bits per heavy atom. The lowest BCUT2D eigenvalue weighted by Crippen LogP contribution is -2.51. The highest BCUT2D eigenvalue weighted by atomic mass is 16.5. The van der Waals surface area contributed by atoms with Gasteiger partial charge in [0.05, 0.1) is 18.4 Å². The number of benzene rings is 1. The molecule has 0 unspecified atom stereocenters. The molecular weight excluding hydrogens is 268 g/mol. The van der Waals surface area contributed by atoms with Gasteiger partial charge in [0.2, 0.25) is 5.91 Å². The Morgan fingerprint density at radius 2 is 2.00 bits per heavy atom. The zero-order valence-corrected chi connectivity index (χ0v) is 11.7. The maximum Gasteiger partial charge on any atom is 0.253 e. The van der Waals surface area contributed by atoms with E-state index < -0.39 is 11.9 Å². The van der Waals surface area contributed by atoms with Gasteiger partial charge in [0.25, 0.3) is 5.91 Å². The lowest BCUT2D eigenvalue weighted by atomic mass is 9.92. The van der Waals surface area contributed by atoms with Gasteiger partial charge in [-0.05, 0) is 24.0 Å². The molecule has 2 aliphatic rings. The first-order valence-corrected chi connectivity index (χ1v) is 7.14. The number of carbonyl (C=O) groups is 2. The fourth-order valence-corrected chi connectivity index (χ4v) is 2.90. The van der Waals surface area contributed by atoms with Crippen molar-refractivity contribution in [3.8, 4) is 0 Å². The molecule has 1 aromatic carbocycles. The van der Waals surface area contributed by atoms with Crippen LogP contribution in [-0.2, 0) is 27.3 Å². The summed E-state index contributed by atoms with van der Waals surface area (Å²) in [5.74, 6) is -0.608. The molecule has 2 heterocycles. The quantitative estimate of drug-likeness (QED) is 0.885. The molecule has 0 radical (unpaired) electrons. The van der Waals surface area contributed by atoms with Crippen molar-refractivity contribution in [2.24, 2.45) is 5.73 Å². The minimum atomic E-state index is -0.588. The van der Waals surface area contributed by atoms with Crippen LogP contribution in [0, 0.1) is 0 Å². The van der Waals surface area contributed by atoms with E-state index in [9.17, 15) is 9.59 Å². The molecule has 5 nitrogen and oxygen atoms in total. The highest BCUT2D eigenvalue weighted by molar-refractivity contribution is 5.97. The summed E-state index contributed by atoms with van der Waals surface area (Å²) in [6, 6.07) is 7.26. The monoisotopic (exact) mass is 286 g/mol. The number of nitrogens with zero attached hydrogens (tertiary/aromatic N) is 1. The third-order valence-electron chi connectivity index (χ3n) is 4.05. The molecule has 0 fully saturated rings. The number of amides is 2. The van der Waals surface area contributed by atoms with Crippen LogP contribution in [0.3, 0.4) is 0 Å². The molecule has 2 amide bonds. The van der Waals surface area contributed by atoms with Gasteiger partial charge >= 0.3 is 0 Å². The Kier molecular flexibility index (Phi) is 3.64. The summed E-state index contributed by atoms with van der Waals surface area (Å²) in [6.07, 6.45) is 3.50. The Bertz CT molecular complexity index is 609. The van der Waals surface area contributed by atoms with Gasteiger partial charge in [-0.25, -0.2) is 0 Å². The van der Waals surface area contributed by atoms with Crippen LogP contribution in [0.25, 0.3) is 0 Å². The Balaban J connectivity index is 1.90. The van der Waals surface area contributed by atoms with E-state index in [2.05, 4.69) is 0 Å². The zero-order valence-electron chi connectivity index (χ0n) is 11.7. The van der Waals surface area contributed by atoms with Crippen LogP contribution in [0.15, 0.2) is 36.1 Å². The SMILES string of the molecule is NC(=O)[C@@H]1Cc2ccccc2CN1C(=O)C1=COCCC1. The smallest absolute Gasteiger partial charge is 0.253 e. The number of rotatable bonds is 2. The maximum atomic E-state index is 12.6. The van der Waals surface area contributed by atoms with Crippen molar-refractivity contribution in [1.82, 2.24) is 4.90 Å². The molecule has 0 aromatic heterocycles. The molecule has 2 N–H and O–H groups in total. The normalized spacial score (nSPS) is 21.0. The van der Waals surface area contributed by atoms with Crippen LogP contribution in [0.1, 0.15) is 24.0 Å². The maximum absolute atomic E-state index is 12.6. The fraction of sp³-hybridized carbons (Fsp3) is 0.375. The average molecular weight is 286 g/mol. The van der Waals surface area contributed by atoms with Crippen molar-refractivity contribution in [1.29, 1.82) is 0 Å². The number of hydrogen-bond donors (Lipinski definition) is 1. The number of ether oxygens (including phenoxy) is 1. The standard InChI is InChI=1S/C16H18N2O3/c17-15(19)14-8-11-4-1-2-5-12(11)9-18(14)16(20)13-6-3-7-21-10-13/h1-2,4-5,10,14H,3,6-9H2,(H2,17,19)/t14-/m0/s1. The van der Waals surface area contributed by atoms with Crippen molar-refractivity contribution in [2.45, 2.75) is 31.8 Å². The molecule has 3 rings (SSSR count). The van der Waals surface area contributed by atoms with Gasteiger partial charge in [-0.1, -0.05) is 24.3 Å². The molecule has 110 valence electrons. The van der Waals surface area contributed by atoms with Gasteiger partial charge in [0.1, 0.15) is 6.04 Å². The van der Waals surface area contributed by atoms with Gasteiger partial charge in [-0.15, -0.1) is 0 Å². The second-order valence-corrected chi connectivity index (χ2v) is 5.44. The summed E-state index contributed by atoms with van der Waals surface area (Å²) >= 11 is 0. The average Bonchev–Trinajstić information content (AvgIpc) is 2.53. The van der Waals surface area contributed by atoms with Gasteiger partial charge in [0, 0.05) is 13.0 Å². The molecule has 5 heteroatoms. The number of nitrogens with two attached hydrogens (primary N) is 1. The van der Waals surface area contributed by atoms with Crippen LogP contribution in [0.4, 0.5) is 0 Å². The number of hydrogen-bond acceptors (Lipinski definition) is 3. The minimum Gasteiger partial charge on any atom is -0.501 e. The molecular formula is C16H18N2O3. The fourth-order valence-electron chi connectivity index (χ4n) is 2.90. The van der Waals surface area contributed by atoms with E-state index in [1.54, 1.807) is 4.90 Å². The van der Waals surface area contributed by atoms with E-state index in [1.807, 2.05) is 24.3 Å². The Labute approximate surface area is 123 Å². The lowest BCUT2D eigenvalue weighted by Gasteiger charge is -2.36. The summed E-state index contributed by atoms with van der Waals surface area (Å²) in [4.78, 5) is 26.0. The lowest BCUT2D eigenvalue weighted by molar-refractivity contribution is -0.138. The van der Waals surface area contributed by atoms with Crippen molar-refractivity contribution in [3.05, 3.63) is 47.2 Å². The van der Waals surface area contributed by atoms with E-state index in [0.717, 1.165) is 17.5 Å². The third-order valence-corrected chi connectivity index (χ3v) is 4.05. The van der Waals surface area contributed by atoms with E-state index in [-0.39, 0.29) is 5.91 Å². The first-order valence-electron chi connectivity index (χ1n) is 7.14. The second kappa shape index (κ2) is 5.60. The second-order valence-electron chi connectivity index (χ2n) is 5.44. The molecule has 0 saturated heterocycles. The summed E-state index contributed by atoms with van der Waals surface area (Å²) < 4.78 is 5.23. The third kappa shape index (κ3) is 2.63. The first kappa shape index (κ1) is 13.7. The van der Waals surface area contributed by atoms with Gasteiger partial charge < -0.3 is 15.4 Å². The highest BCUT2D eigenvalue weighted by Crippen LogP contribution is 2.26. The van der Waals surface area contributed by atoms with Crippen LogP contribution < -0.4 is 5.73 Å². The van der Waals surface area contributed by atoms with Crippen LogP contribution in [0.5, 0.6) is 0 Å². The zero-order chi connectivity index (χ0) is 14.8. The van der Waals surface area contributed by atoms with Gasteiger partial charge in [-0.3, -0.25) is 9.59 Å². The number of carbonyl (C=O) groups excluding carboxylic acids is 2. The van der Waals surface area contributed by atoms with Gasteiger partial charge in [0.15, 0.2) is 0 Å². The van der Waals surface area contributed by atoms with Crippen molar-refractivity contribution in [3.63, 3.8) is 0 Å². The summed E-state index contributed by atoms with van der Waals surface area (Å²) in [7, 11) is 0. The molecule has 21 heavy (non-hydrogen) atoms. The molecule has 1 atom stereocenters. The van der Waals surface area contributed by atoms with Crippen molar-refractivity contribution in [2.75, 3.05) is 6.61 Å². The molecule has 1 aromatic rings. The molecule has 0 spiro atoms. The molecule has 2 aliphatic heterocycles. The molecule has 0 bridgehead atoms. The predicted octanol–water partition coefficient (Wildman–Crippen LogP) is 1.12. The number of fused-ring (bicyclic) bond motifs is 1. The Morgan fingerprint density at radius 1 is 1.24 bits per heavy atom. The highest BCUT2D eigenvalue weighted by Gasteiger charge is 2.34. The minimum absolute atomic E-state index is 0.145. The molecule has 0 saturated carbocycles. The van der Waals surface area contributed by atoms with E-state index in [4.69, 9.17) is 10.5 Å². The topological polar surface area (TPSA) is 72.6 Å². The summed E-state index contributed by atoms with van der Waals surface area (Å²) in [5.41, 5.74) is 8.27. The Hall–Kier alpha value is -2.30.